The SMILES string of the molecule is C=CCOP(=O)(OCC=C)C(O)c1ccc(C#N)cc1C(=O)Cl. The smallest absolute Gasteiger partial charge is 0.364 e. The Hall–Kier alpha value is -1.74. The van der Waals surface area contributed by atoms with E-state index in [9.17, 15) is 14.5 Å². The van der Waals surface area contributed by atoms with Crippen molar-refractivity contribution in [3.8, 4) is 6.07 Å². The molecule has 1 unspecified atom stereocenters. The summed E-state index contributed by atoms with van der Waals surface area (Å²) in [6.07, 6.45) is 2.67. The number of hydrogen-bond acceptors (Lipinski definition) is 6. The number of nitrogens with zero attached hydrogens (tertiary/aromatic N) is 1. The van der Waals surface area contributed by atoms with Crippen molar-refractivity contribution in [2.75, 3.05) is 13.2 Å². The van der Waals surface area contributed by atoms with Gasteiger partial charge in [-0.25, -0.2) is 0 Å². The molecule has 1 atom stereocenters. The van der Waals surface area contributed by atoms with E-state index in [1.165, 1.54) is 30.4 Å². The number of nitriles is 1. The number of carbonyl (C=O) groups excluding carboxylic acids is 1. The highest BCUT2D eigenvalue weighted by atomic mass is 35.5. The van der Waals surface area contributed by atoms with Crippen LogP contribution >= 0.6 is 19.2 Å². The van der Waals surface area contributed by atoms with Crippen molar-refractivity contribution in [3.63, 3.8) is 0 Å². The lowest BCUT2D eigenvalue weighted by atomic mass is 10.1. The van der Waals surface area contributed by atoms with Gasteiger partial charge in [0.1, 0.15) is 0 Å². The summed E-state index contributed by atoms with van der Waals surface area (Å²) in [6, 6.07) is 5.67. The maximum absolute atomic E-state index is 12.8. The zero-order valence-electron chi connectivity index (χ0n) is 12.1. The van der Waals surface area contributed by atoms with E-state index in [1.54, 1.807) is 0 Å². The summed E-state index contributed by atoms with van der Waals surface area (Å²) in [4.78, 5) is 11.5. The van der Waals surface area contributed by atoms with Gasteiger partial charge in [0.2, 0.25) is 0 Å². The number of benzene rings is 1. The fourth-order valence-corrected chi connectivity index (χ4v) is 3.40. The molecule has 0 aliphatic rings. The lowest BCUT2D eigenvalue weighted by Gasteiger charge is -2.23. The molecule has 0 bridgehead atoms. The molecule has 0 aliphatic heterocycles. The monoisotopic (exact) mass is 355 g/mol. The quantitative estimate of drug-likeness (QED) is 0.413. The summed E-state index contributed by atoms with van der Waals surface area (Å²) < 4.78 is 22.9. The van der Waals surface area contributed by atoms with Crippen molar-refractivity contribution >= 4 is 24.4 Å². The molecule has 1 aromatic carbocycles. The summed E-state index contributed by atoms with van der Waals surface area (Å²) in [6.45, 7) is 6.59. The van der Waals surface area contributed by atoms with Gasteiger partial charge in [-0.15, -0.1) is 13.2 Å². The molecule has 1 aromatic rings. The Morgan fingerprint density at radius 2 is 1.96 bits per heavy atom. The molecule has 23 heavy (non-hydrogen) atoms. The van der Waals surface area contributed by atoms with Crippen LogP contribution in [0, 0.1) is 11.3 Å². The van der Waals surface area contributed by atoms with Gasteiger partial charge < -0.3 is 14.2 Å². The minimum atomic E-state index is -4.04. The Morgan fingerprint density at radius 3 is 2.39 bits per heavy atom. The molecule has 8 heteroatoms. The van der Waals surface area contributed by atoms with Crippen molar-refractivity contribution in [2.24, 2.45) is 0 Å². The maximum atomic E-state index is 12.8. The van der Waals surface area contributed by atoms with Crippen LogP contribution in [0.5, 0.6) is 0 Å². The van der Waals surface area contributed by atoms with Crippen LogP contribution in [0.3, 0.4) is 0 Å². The summed E-state index contributed by atoms with van der Waals surface area (Å²) in [5.41, 5.74) is -0.0397. The molecule has 0 heterocycles. The molecule has 0 spiro atoms. The molecule has 0 saturated carbocycles. The molecule has 6 nitrogen and oxygen atoms in total. The van der Waals surface area contributed by atoms with Gasteiger partial charge in [-0.05, 0) is 23.7 Å². The third kappa shape index (κ3) is 4.87. The molecule has 0 fully saturated rings. The average molecular weight is 356 g/mol. The van der Waals surface area contributed by atoms with E-state index in [2.05, 4.69) is 13.2 Å². The first-order chi connectivity index (χ1) is 10.9. The molecular weight excluding hydrogens is 341 g/mol. The highest BCUT2D eigenvalue weighted by molar-refractivity contribution is 7.54. The van der Waals surface area contributed by atoms with Crippen LogP contribution in [0.1, 0.15) is 27.3 Å². The predicted octanol–water partition coefficient (Wildman–Crippen LogP) is 3.53. The van der Waals surface area contributed by atoms with Gasteiger partial charge in [0.15, 0.2) is 5.85 Å². The number of rotatable bonds is 9. The van der Waals surface area contributed by atoms with Crippen molar-refractivity contribution in [1.82, 2.24) is 0 Å². The highest BCUT2D eigenvalue weighted by Crippen LogP contribution is 2.60. The van der Waals surface area contributed by atoms with Gasteiger partial charge in [-0.2, -0.15) is 5.26 Å². The number of aliphatic hydroxyl groups is 1. The normalized spacial score (nSPS) is 12.2. The molecule has 0 saturated heterocycles. The summed E-state index contributed by atoms with van der Waals surface area (Å²) in [5, 5.41) is 18.4. The van der Waals surface area contributed by atoms with E-state index in [4.69, 9.17) is 25.9 Å². The second-order valence-electron chi connectivity index (χ2n) is 4.27. The fourth-order valence-electron chi connectivity index (χ4n) is 1.68. The summed E-state index contributed by atoms with van der Waals surface area (Å²) in [7, 11) is -4.04. The van der Waals surface area contributed by atoms with Gasteiger partial charge in [-0.1, -0.05) is 18.2 Å². The fraction of sp³-hybridized carbons (Fsp3) is 0.200. The first kappa shape index (κ1) is 19.3. The first-order valence-corrected chi connectivity index (χ1v) is 8.41. The Kier molecular flexibility index (Phi) is 7.37. The second-order valence-corrected chi connectivity index (χ2v) is 6.70. The molecule has 122 valence electrons. The van der Waals surface area contributed by atoms with Crippen LogP contribution in [0.2, 0.25) is 0 Å². The molecule has 0 aliphatic carbocycles. The van der Waals surface area contributed by atoms with Gasteiger partial charge in [-0.3, -0.25) is 9.36 Å². The van der Waals surface area contributed by atoms with Crippen LogP contribution < -0.4 is 0 Å². The minimum absolute atomic E-state index is 0.0551. The third-order valence-corrected chi connectivity index (χ3v) is 4.82. The Labute approximate surface area is 139 Å². The van der Waals surface area contributed by atoms with Crippen LogP contribution in [-0.4, -0.2) is 23.6 Å². The predicted molar refractivity (Wildman–Crippen MR) is 86.2 cm³/mol. The van der Waals surface area contributed by atoms with Crippen molar-refractivity contribution in [1.29, 1.82) is 5.26 Å². The van der Waals surface area contributed by atoms with Gasteiger partial charge in [0.05, 0.1) is 24.8 Å². The minimum Gasteiger partial charge on any atom is -0.376 e. The van der Waals surface area contributed by atoms with Gasteiger partial charge in [0, 0.05) is 11.1 Å². The second kappa shape index (κ2) is 8.78. The van der Waals surface area contributed by atoms with Crippen LogP contribution in [0.15, 0.2) is 43.5 Å². The molecule has 1 rings (SSSR count). The average Bonchev–Trinajstić information content (AvgIpc) is 2.56. The molecule has 1 N–H and O–H groups in total. The Balaban J connectivity index is 3.32. The molecule has 0 amide bonds. The number of aliphatic hydroxyl groups excluding tert-OH is 1. The van der Waals surface area contributed by atoms with Crippen molar-refractivity contribution < 1.29 is 23.5 Å². The molecule has 0 radical (unpaired) electrons. The summed E-state index contributed by atoms with van der Waals surface area (Å²) >= 11 is 5.48. The Bertz CT molecular complexity index is 682. The van der Waals surface area contributed by atoms with E-state index in [0.29, 0.717) is 0 Å². The van der Waals surface area contributed by atoms with Gasteiger partial charge >= 0.3 is 7.60 Å². The zero-order valence-corrected chi connectivity index (χ0v) is 13.8. The van der Waals surface area contributed by atoms with Crippen LogP contribution in [0.4, 0.5) is 0 Å². The lowest BCUT2D eigenvalue weighted by molar-refractivity contribution is 0.107. The van der Waals surface area contributed by atoms with Crippen molar-refractivity contribution in [2.45, 2.75) is 5.85 Å². The van der Waals surface area contributed by atoms with E-state index >= 15 is 0 Å². The summed E-state index contributed by atoms with van der Waals surface area (Å²) in [5.74, 6) is -1.76. The van der Waals surface area contributed by atoms with Crippen LogP contribution in [-0.2, 0) is 13.6 Å². The van der Waals surface area contributed by atoms with Gasteiger partial charge in [0.25, 0.3) is 5.24 Å². The standard InChI is InChI=1S/C15H15ClNO5P/c1-3-7-21-23(20,22-8-4-2)15(19)12-6-5-11(10-17)9-13(12)14(16)18/h3-6,9,15,19H,1-2,7-8H2. The van der Waals surface area contributed by atoms with E-state index in [-0.39, 0.29) is 29.9 Å². The number of hydrogen-bond donors (Lipinski definition) is 1. The number of halogens is 1. The van der Waals surface area contributed by atoms with E-state index in [1.807, 2.05) is 6.07 Å². The number of carbonyl (C=O) groups is 1. The zero-order chi connectivity index (χ0) is 17.5. The van der Waals surface area contributed by atoms with Crippen LogP contribution in [0.25, 0.3) is 0 Å². The van der Waals surface area contributed by atoms with E-state index < -0.39 is 18.7 Å². The largest absolute Gasteiger partial charge is 0.376 e. The lowest BCUT2D eigenvalue weighted by Crippen LogP contribution is -2.10. The highest BCUT2D eigenvalue weighted by Gasteiger charge is 2.37. The third-order valence-electron chi connectivity index (χ3n) is 2.72. The van der Waals surface area contributed by atoms with E-state index in [0.717, 1.165) is 0 Å². The first-order valence-electron chi connectivity index (χ1n) is 6.42. The topological polar surface area (TPSA) is 96.6 Å². The Morgan fingerprint density at radius 1 is 1.39 bits per heavy atom. The van der Waals surface area contributed by atoms with Crippen molar-refractivity contribution in [3.05, 3.63) is 60.2 Å². The maximum Gasteiger partial charge on any atom is 0.364 e. The molecule has 0 aromatic heterocycles. The molecular formula is C15H15ClNO5P.